The number of hydrogen-bond donors (Lipinski definition) is 2. The monoisotopic (exact) mass is 435 g/mol. The van der Waals surface area contributed by atoms with E-state index in [-0.39, 0.29) is 10.8 Å². The first kappa shape index (κ1) is 21.2. The van der Waals surface area contributed by atoms with E-state index in [2.05, 4.69) is 11.4 Å². The number of fused-ring (bicyclic) bond motifs is 1. The molecule has 0 spiro atoms. The van der Waals surface area contributed by atoms with Crippen LogP contribution in [0, 0.1) is 0 Å². The minimum absolute atomic E-state index is 0.0284. The summed E-state index contributed by atoms with van der Waals surface area (Å²) in [6, 6.07) is 23.8. The van der Waals surface area contributed by atoms with Gasteiger partial charge in [0.1, 0.15) is 6.04 Å². The smallest absolute Gasteiger partial charge is 0.248 e. The van der Waals surface area contributed by atoms with Crippen LogP contribution in [0.3, 0.4) is 0 Å². The van der Waals surface area contributed by atoms with E-state index in [0.29, 0.717) is 19.5 Å². The minimum Gasteiger partial charge on any atom is -0.310 e. The minimum atomic E-state index is -3.70. The molecule has 0 saturated carbocycles. The molecule has 3 N–H and O–H groups in total. The molecule has 0 radical (unpaired) electrons. The van der Waals surface area contributed by atoms with Gasteiger partial charge in [0, 0.05) is 18.8 Å². The van der Waals surface area contributed by atoms with Crippen LogP contribution in [0.2, 0.25) is 0 Å². The Morgan fingerprint density at radius 3 is 2.35 bits per heavy atom. The first-order chi connectivity index (χ1) is 14.9. The van der Waals surface area contributed by atoms with E-state index in [9.17, 15) is 13.2 Å². The lowest BCUT2D eigenvalue weighted by molar-refractivity contribution is -0.120. The summed E-state index contributed by atoms with van der Waals surface area (Å²) in [5.41, 5.74) is 4.05. The third kappa shape index (κ3) is 4.85. The van der Waals surface area contributed by atoms with E-state index < -0.39 is 16.1 Å². The first-order valence-electron chi connectivity index (χ1n) is 10.2. The fourth-order valence-corrected chi connectivity index (χ4v) is 4.44. The van der Waals surface area contributed by atoms with E-state index in [1.165, 1.54) is 17.7 Å². The van der Waals surface area contributed by atoms with Gasteiger partial charge in [0.2, 0.25) is 15.9 Å². The van der Waals surface area contributed by atoms with Gasteiger partial charge in [0.25, 0.3) is 0 Å². The molecule has 1 atom stereocenters. The predicted octanol–water partition coefficient (Wildman–Crippen LogP) is 2.80. The number of primary sulfonamides is 1. The Hall–Kier alpha value is -3.00. The summed E-state index contributed by atoms with van der Waals surface area (Å²) >= 11 is 0. The van der Waals surface area contributed by atoms with Gasteiger partial charge in [-0.15, -0.1) is 0 Å². The average Bonchev–Trinajstić information content (AvgIpc) is 3.21. The summed E-state index contributed by atoms with van der Waals surface area (Å²) in [4.78, 5) is 15.4. The molecular formula is C24H25N3O3S. The van der Waals surface area contributed by atoms with Gasteiger partial charge in [-0.3, -0.25) is 4.79 Å². The molecule has 3 aromatic carbocycles. The molecule has 0 aromatic heterocycles. The van der Waals surface area contributed by atoms with Crippen LogP contribution < -0.4 is 15.4 Å². The maximum atomic E-state index is 13.5. The quantitative estimate of drug-likeness (QED) is 0.597. The van der Waals surface area contributed by atoms with Gasteiger partial charge in [-0.25, -0.2) is 13.6 Å². The Balaban J connectivity index is 1.48. The Morgan fingerprint density at radius 1 is 0.968 bits per heavy atom. The van der Waals surface area contributed by atoms with Gasteiger partial charge in [0.15, 0.2) is 0 Å². The molecule has 1 aliphatic rings. The van der Waals surface area contributed by atoms with E-state index >= 15 is 0 Å². The number of nitrogens with one attached hydrogen (secondary N) is 1. The number of amides is 1. The highest BCUT2D eigenvalue weighted by atomic mass is 32.2. The molecule has 31 heavy (non-hydrogen) atoms. The second-order valence-electron chi connectivity index (χ2n) is 7.61. The molecule has 1 amide bonds. The van der Waals surface area contributed by atoms with E-state index in [1.54, 1.807) is 12.1 Å². The second kappa shape index (κ2) is 9.01. The van der Waals surface area contributed by atoms with E-state index in [1.807, 2.05) is 53.4 Å². The number of hydrogen-bond acceptors (Lipinski definition) is 4. The third-order valence-electron chi connectivity index (χ3n) is 5.55. The summed E-state index contributed by atoms with van der Waals surface area (Å²) in [6.07, 6.45) is 1.51. The number of nitrogens with two attached hydrogens (primary N) is 1. The molecule has 6 nitrogen and oxygen atoms in total. The van der Waals surface area contributed by atoms with Crippen molar-refractivity contribution in [3.05, 3.63) is 95.6 Å². The van der Waals surface area contributed by atoms with Crippen LogP contribution in [0.25, 0.3) is 0 Å². The van der Waals surface area contributed by atoms with Crippen molar-refractivity contribution < 1.29 is 13.2 Å². The molecule has 7 heteroatoms. The van der Waals surface area contributed by atoms with Crippen molar-refractivity contribution in [1.29, 1.82) is 0 Å². The molecule has 3 aromatic rings. The molecule has 0 bridgehead atoms. The molecule has 1 heterocycles. The van der Waals surface area contributed by atoms with Crippen LogP contribution in [0.1, 0.15) is 22.7 Å². The SMILES string of the molecule is NS(=O)(=O)c1ccc(CCNC(C(=O)N2CCc3ccccc32)c2ccccc2)cc1. The summed E-state index contributed by atoms with van der Waals surface area (Å²) in [7, 11) is -3.70. The van der Waals surface area contributed by atoms with Crippen LogP contribution in [0.4, 0.5) is 5.69 Å². The van der Waals surface area contributed by atoms with Crippen LogP contribution in [-0.4, -0.2) is 27.4 Å². The van der Waals surface area contributed by atoms with Crippen molar-refractivity contribution in [3.63, 3.8) is 0 Å². The molecule has 1 aliphatic heterocycles. The fraction of sp³-hybridized carbons (Fsp3) is 0.208. The zero-order valence-corrected chi connectivity index (χ0v) is 17.9. The highest BCUT2D eigenvalue weighted by molar-refractivity contribution is 7.89. The van der Waals surface area contributed by atoms with Crippen LogP contribution in [-0.2, 0) is 27.7 Å². The largest absolute Gasteiger partial charge is 0.310 e. The van der Waals surface area contributed by atoms with Crippen LogP contribution in [0.5, 0.6) is 0 Å². The van der Waals surface area contributed by atoms with Gasteiger partial charge in [-0.1, -0.05) is 60.7 Å². The molecule has 1 unspecified atom stereocenters. The second-order valence-corrected chi connectivity index (χ2v) is 9.17. The summed E-state index contributed by atoms with van der Waals surface area (Å²) < 4.78 is 22.8. The highest BCUT2D eigenvalue weighted by Gasteiger charge is 2.30. The molecule has 0 saturated heterocycles. The Labute approximate surface area is 182 Å². The number of carbonyl (C=O) groups excluding carboxylic acids is 1. The van der Waals surface area contributed by atoms with E-state index in [0.717, 1.165) is 23.2 Å². The van der Waals surface area contributed by atoms with Gasteiger partial charge < -0.3 is 10.2 Å². The first-order valence-corrected chi connectivity index (χ1v) is 11.8. The number of sulfonamides is 1. The summed E-state index contributed by atoms with van der Waals surface area (Å²) in [5.74, 6) is 0.0284. The standard InChI is InChI=1S/C24H25N3O3S/c25-31(29,30)21-12-10-18(11-13-21)14-16-26-23(20-7-2-1-3-8-20)24(28)27-17-15-19-6-4-5-9-22(19)27/h1-13,23,26H,14-17H2,(H2,25,29,30). The van der Waals surface area contributed by atoms with Crippen molar-refractivity contribution >= 4 is 21.6 Å². The van der Waals surface area contributed by atoms with Gasteiger partial charge in [-0.05, 0) is 47.7 Å². The molecular weight excluding hydrogens is 410 g/mol. The molecule has 160 valence electrons. The number of benzene rings is 3. The van der Waals surface area contributed by atoms with E-state index in [4.69, 9.17) is 5.14 Å². The predicted molar refractivity (Wildman–Crippen MR) is 121 cm³/mol. The number of anilines is 1. The molecule has 0 aliphatic carbocycles. The van der Waals surface area contributed by atoms with Crippen LogP contribution >= 0.6 is 0 Å². The van der Waals surface area contributed by atoms with Crippen molar-refractivity contribution in [2.24, 2.45) is 5.14 Å². The van der Waals surface area contributed by atoms with Gasteiger partial charge in [0.05, 0.1) is 4.90 Å². The highest BCUT2D eigenvalue weighted by Crippen LogP contribution is 2.30. The average molecular weight is 436 g/mol. The summed E-state index contributed by atoms with van der Waals surface area (Å²) in [6.45, 7) is 1.24. The zero-order chi connectivity index (χ0) is 21.8. The number of para-hydroxylation sites is 1. The number of carbonyl (C=O) groups is 1. The van der Waals surface area contributed by atoms with Crippen molar-refractivity contribution in [2.75, 3.05) is 18.0 Å². The van der Waals surface area contributed by atoms with Crippen molar-refractivity contribution in [2.45, 2.75) is 23.8 Å². The molecule has 4 rings (SSSR count). The number of rotatable bonds is 7. The lowest BCUT2D eigenvalue weighted by Gasteiger charge is -2.25. The zero-order valence-electron chi connectivity index (χ0n) is 17.1. The molecule has 0 fully saturated rings. The Kier molecular flexibility index (Phi) is 6.18. The number of nitrogens with zero attached hydrogens (tertiary/aromatic N) is 1. The Morgan fingerprint density at radius 2 is 1.65 bits per heavy atom. The summed E-state index contributed by atoms with van der Waals surface area (Å²) in [5, 5.41) is 8.56. The van der Waals surface area contributed by atoms with Crippen molar-refractivity contribution in [1.82, 2.24) is 5.32 Å². The third-order valence-corrected chi connectivity index (χ3v) is 6.48. The normalized spacial score (nSPS) is 14.3. The maximum Gasteiger partial charge on any atom is 0.248 e. The Bertz CT molecular complexity index is 1160. The van der Waals surface area contributed by atoms with Gasteiger partial charge >= 0.3 is 0 Å². The topological polar surface area (TPSA) is 92.5 Å². The fourth-order valence-electron chi connectivity index (χ4n) is 3.92. The van der Waals surface area contributed by atoms with Crippen molar-refractivity contribution in [3.8, 4) is 0 Å². The maximum absolute atomic E-state index is 13.5. The lowest BCUT2D eigenvalue weighted by Crippen LogP contribution is -2.41. The van der Waals surface area contributed by atoms with Gasteiger partial charge in [-0.2, -0.15) is 0 Å². The lowest BCUT2D eigenvalue weighted by atomic mass is 10.0. The van der Waals surface area contributed by atoms with Crippen LogP contribution in [0.15, 0.2) is 83.8 Å².